The molecule has 150 valence electrons. The van der Waals surface area contributed by atoms with Gasteiger partial charge in [0.15, 0.2) is 0 Å². The SMILES string of the molecule is Cc1noc(C)c1CC(=O)N1CCCC[C@H]1c1ccc(-c2cccc(Cl)c2)nc1. The second kappa shape index (κ2) is 8.37. The van der Waals surface area contributed by atoms with E-state index in [0.29, 0.717) is 11.4 Å². The summed E-state index contributed by atoms with van der Waals surface area (Å²) in [7, 11) is 0. The molecule has 1 saturated heterocycles. The fourth-order valence-corrected chi connectivity index (χ4v) is 4.19. The quantitative estimate of drug-likeness (QED) is 0.586. The molecule has 0 N–H and O–H groups in total. The normalized spacial score (nSPS) is 16.8. The highest BCUT2D eigenvalue weighted by atomic mass is 35.5. The van der Waals surface area contributed by atoms with Crippen LogP contribution in [0.5, 0.6) is 0 Å². The number of pyridine rings is 1. The molecule has 6 heteroatoms. The summed E-state index contributed by atoms with van der Waals surface area (Å²) in [5.41, 5.74) is 4.62. The lowest BCUT2D eigenvalue weighted by Crippen LogP contribution is -2.39. The molecule has 2 aromatic heterocycles. The van der Waals surface area contributed by atoms with Crippen LogP contribution in [-0.2, 0) is 11.2 Å². The van der Waals surface area contributed by atoms with Crippen LogP contribution in [0.25, 0.3) is 11.3 Å². The molecule has 1 aliphatic rings. The van der Waals surface area contributed by atoms with E-state index in [4.69, 9.17) is 16.1 Å². The molecule has 0 bridgehead atoms. The Hall–Kier alpha value is -2.66. The Morgan fingerprint density at radius 2 is 2.10 bits per heavy atom. The average molecular weight is 410 g/mol. The van der Waals surface area contributed by atoms with Crippen molar-refractivity contribution in [3.63, 3.8) is 0 Å². The van der Waals surface area contributed by atoms with Gasteiger partial charge in [-0.05, 0) is 56.9 Å². The van der Waals surface area contributed by atoms with Gasteiger partial charge in [0.05, 0.1) is 23.9 Å². The van der Waals surface area contributed by atoms with Crippen molar-refractivity contribution in [2.45, 2.75) is 45.6 Å². The number of amides is 1. The Morgan fingerprint density at radius 1 is 1.24 bits per heavy atom. The van der Waals surface area contributed by atoms with E-state index in [1.54, 1.807) is 0 Å². The molecule has 0 unspecified atom stereocenters. The highest BCUT2D eigenvalue weighted by Gasteiger charge is 2.29. The van der Waals surface area contributed by atoms with E-state index in [1.807, 2.05) is 55.3 Å². The van der Waals surface area contributed by atoms with Crippen LogP contribution in [0.2, 0.25) is 5.02 Å². The summed E-state index contributed by atoms with van der Waals surface area (Å²) < 4.78 is 5.22. The zero-order chi connectivity index (χ0) is 20.4. The summed E-state index contributed by atoms with van der Waals surface area (Å²) in [6.45, 7) is 4.50. The van der Waals surface area contributed by atoms with Gasteiger partial charge in [-0.2, -0.15) is 0 Å². The first kappa shape index (κ1) is 19.6. The average Bonchev–Trinajstić information content (AvgIpc) is 3.06. The zero-order valence-electron chi connectivity index (χ0n) is 16.7. The summed E-state index contributed by atoms with van der Waals surface area (Å²) in [6, 6.07) is 11.8. The van der Waals surface area contributed by atoms with Gasteiger partial charge >= 0.3 is 0 Å². The fourth-order valence-electron chi connectivity index (χ4n) is 4.00. The number of nitrogens with zero attached hydrogens (tertiary/aromatic N) is 3. The predicted molar refractivity (Wildman–Crippen MR) is 113 cm³/mol. The summed E-state index contributed by atoms with van der Waals surface area (Å²) in [5.74, 6) is 0.833. The second-order valence-electron chi connectivity index (χ2n) is 7.57. The van der Waals surface area contributed by atoms with Crippen molar-refractivity contribution in [2.75, 3.05) is 6.54 Å². The molecule has 5 nitrogen and oxygen atoms in total. The van der Waals surface area contributed by atoms with Crippen molar-refractivity contribution >= 4 is 17.5 Å². The van der Waals surface area contributed by atoms with Crippen LogP contribution >= 0.6 is 11.6 Å². The number of benzene rings is 1. The first-order valence-corrected chi connectivity index (χ1v) is 10.3. The topological polar surface area (TPSA) is 59.2 Å². The Bertz CT molecular complexity index is 994. The third-order valence-electron chi connectivity index (χ3n) is 5.62. The van der Waals surface area contributed by atoms with E-state index in [0.717, 1.165) is 59.6 Å². The predicted octanol–water partition coefficient (Wildman–Crippen LogP) is 5.30. The Balaban J connectivity index is 1.55. The van der Waals surface area contributed by atoms with Crippen molar-refractivity contribution < 1.29 is 9.32 Å². The smallest absolute Gasteiger partial charge is 0.227 e. The number of rotatable bonds is 4. The van der Waals surface area contributed by atoms with Crippen molar-refractivity contribution in [2.24, 2.45) is 0 Å². The number of carbonyl (C=O) groups is 1. The first-order valence-electron chi connectivity index (χ1n) is 9.96. The highest BCUT2D eigenvalue weighted by molar-refractivity contribution is 6.30. The lowest BCUT2D eigenvalue weighted by molar-refractivity contribution is -0.134. The Morgan fingerprint density at radius 3 is 2.79 bits per heavy atom. The number of piperidine rings is 1. The van der Waals surface area contributed by atoms with Gasteiger partial charge in [-0.15, -0.1) is 0 Å². The molecule has 3 heterocycles. The van der Waals surface area contributed by atoms with Crippen LogP contribution in [0.1, 0.15) is 47.9 Å². The molecule has 4 rings (SSSR count). The minimum absolute atomic E-state index is 0.0534. The lowest BCUT2D eigenvalue weighted by Gasteiger charge is -2.36. The molecule has 0 aliphatic carbocycles. The molecule has 0 saturated carbocycles. The Kier molecular flexibility index (Phi) is 5.67. The molecule has 1 atom stereocenters. The van der Waals surface area contributed by atoms with Crippen LogP contribution < -0.4 is 0 Å². The summed E-state index contributed by atoms with van der Waals surface area (Å²) in [5, 5.41) is 4.66. The zero-order valence-corrected chi connectivity index (χ0v) is 17.4. The summed E-state index contributed by atoms with van der Waals surface area (Å²) in [4.78, 5) is 19.7. The van der Waals surface area contributed by atoms with E-state index < -0.39 is 0 Å². The maximum atomic E-state index is 13.1. The minimum Gasteiger partial charge on any atom is -0.361 e. The molecule has 1 fully saturated rings. The van der Waals surface area contributed by atoms with Gasteiger partial charge in [-0.25, -0.2) is 0 Å². The maximum Gasteiger partial charge on any atom is 0.227 e. The molecule has 3 aromatic rings. The molecule has 0 radical (unpaired) electrons. The van der Waals surface area contributed by atoms with E-state index >= 15 is 0 Å². The van der Waals surface area contributed by atoms with Gasteiger partial charge in [0.1, 0.15) is 5.76 Å². The number of carbonyl (C=O) groups excluding carboxylic acids is 1. The van der Waals surface area contributed by atoms with Crippen molar-refractivity contribution in [1.29, 1.82) is 0 Å². The molecule has 1 aliphatic heterocycles. The van der Waals surface area contributed by atoms with Gasteiger partial charge in [0.2, 0.25) is 5.91 Å². The van der Waals surface area contributed by atoms with Crippen LogP contribution in [-0.4, -0.2) is 27.5 Å². The van der Waals surface area contributed by atoms with Crippen molar-refractivity contribution in [3.05, 3.63) is 70.2 Å². The number of halogens is 1. The third kappa shape index (κ3) is 4.20. The monoisotopic (exact) mass is 409 g/mol. The van der Waals surface area contributed by atoms with Crippen molar-refractivity contribution in [1.82, 2.24) is 15.0 Å². The number of hydrogen-bond acceptors (Lipinski definition) is 4. The second-order valence-corrected chi connectivity index (χ2v) is 8.00. The summed E-state index contributed by atoms with van der Waals surface area (Å²) >= 11 is 6.10. The summed E-state index contributed by atoms with van der Waals surface area (Å²) in [6.07, 6.45) is 5.30. The lowest BCUT2D eigenvalue weighted by atomic mass is 9.95. The first-order chi connectivity index (χ1) is 14.0. The number of hydrogen-bond donors (Lipinski definition) is 0. The maximum absolute atomic E-state index is 13.1. The van der Waals surface area contributed by atoms with Crippen molar-refractivity contribution in [3.8, 4) is 11.3 Å². The van der Waals surface area contributed by atoms with Crippen LogP contribution in [0.15, 0.2) is 47.1 Å². The number of aryl methyl sites for hydroxylation is 2. The van der Waals surface area contributed by atoms with E-state index in [2.05, 4.69) is 16.2 Å². The van der Waals surface area contributed by atoms with Gasteiger partial charge in [0, 0.05) is 28.9 Å². The van der Waals surface area contributed by atoms with E-state index in [1.165, 1.54) is 0 Å². The highest BCUT2D eigenvalue weighted by Crippen LogP contribution is 2.32. The van der Waals surface area contributed by atoms with Crippen LogP contribution in [0.3, 0.4) is 0 Å². The van der Waals surface area contributed by atoms with Crippen LogP contribution in [0, 0.1) is 13.8 Å². The van der Waals surface area contributed by atoms with Gasteiger partial charge in [-0.3, -0.25) is 9.78 Å². The van der Waals surface area contributed by atoms with E-state index in [-0.39, 0.29) is 11.9 Å². The number of likely N-dealkylation sites (tertiary alicyclic amines) is 1. The minimum atomic E-state index is 0.0534. The van der Waals surface area contributed by atoms with Gasteiger partial charge in [-0.1, -0.05) is 35.0 Å². The van der Waals surface area contributed by atoms with Crippen LogP contribution in [0.4, 0.5) is 0 Å². The fraction of sp³-hybridized carbons (Fsp3) is 0.348. The van der Waals surface area contributed by atoms with Gasteiger partial charge in [0.25, 0.3) is 0 Å². The molecule has 1 aromatic carbocycles. The molecule has 1 amide bonds. The molecule has 0 spiro atoms. The number of aromatic nitrogens is 2. The molecular formula is C23H24ClN3O2. The standard InChI is InChI=1S/C23H24ClN3O2/c1-15-20(16(2)29-26-15)13-23(28)27-11-4-3-8-22(27)18-9-10-21(25-14-18)17-6-5-7-19(24)12-17/h5-7,9-10,12,14,22H,3-4,8,11,13H2,1-2H3/t22-/m0/s1. The molecule has 29 heavy (non-hydrogen) atoms. The Labute approximate surface area is 175 Å². The van der Waals surface area contributed by atoms with E-state index in [9.17, 15) is 4.79 Å². The largest absolute Gasteiger partial charge is 0.361 e. The molecular weight excluding hydrogens is 386 g/mol. The van der Waals surface area contributed by atoms with Gasteiger partial charge < -0.3 is 9.42 Å². The third-order valence-corrected chi connectivity index (χ3v) is 5.86.